The molecule has 0 aliphatic carbocycles. The predicted octanol–water partition coefficient (Wildman–Crippen LogP) is 1.36. The number of rotatable bonds is 3. The summed E-state index contributed by atoms with van der Waals surface area (Å²) < 4.78 is 26.5. The lowest BCUT2D eigenvalue weighted by molar-refractivity contribution is 0.380. The Morgan fingerprint density at radius 2 is 1.86 bits per heavy atom. The molecule has 2 aromatic rings. The first kappa shape index (κ1) is 14.3. The van der Waals surface area contributed by atoms with Gasteiger partial charge in [-0.15, -0.1) is 11.3 Å². The molecule has 1 N–H and O–H groups in total. The Morgan fingerprint density at radius 1 is 1.14 bits per heavy atom. The van der Waals surface area contributed by atoms with Crippen LogP contribution >= 0.6 is 11.3 Å². The van der Waals surface area contributed by atoms with E-state index in [4.69, 9.17) is 0 Å². The van der Waals surface area contributed by atoms with Crippen LogP contribution in [0.5, 0.6) is 5.75 Å². The van der Waals surface area contributed by atoms with E-state index < -0.39 is 10.0 Å². The molecule has 3 rings (SSSR count). The summed E-state index contributed by atoms with van der Waals surface area (Å²) in [6, 6.07) is 6.03. The summed E-state index contributed by atoms with van der Waals surface area (Å²) in [6.45, 7) is 1.97. The Labute approximate surface area is 127 Å². The molecule has 0 unspecified atom stereocenters. The van der Waals surface area contributed by atoms with Crippen LogP contribution in [0.4, 0.5) is 5.13 Å². The van der Waals surface area contributed by atoms with Gasteiger partial charge in [-0.25, -0.2) is 13.4 Å². The van der Waals surface area contributed by atoms with Crippen molar-refractivity contribution in [2.24, 2.45) is 0 Å². The number of thiazole rings is 1. The van der Waals surface area contributed by atoms with Crippen LogP contribution in [0.25, 0.3) is 0 Å². The quantitative estimate of drug-likeness (QED) is 0.922. The molecular weight excluding hydrogens is 310 g/mol. The van der Waals surface area contributed by atoms with E-state index in [0.717, 1.165) is 5.13 Å². The molecule has 0 atom stereocenters. The lowest BCUT2D eigenvalue weighted by Gasteiger charge is -2.33. The minimum Gasteiger partial charge on any atom is -0.507 e. The van der Waals surface area contributed by atoms with Crippen LogP contribution in [-0.2, 0) is 10.0 Å². The van der Waals surface area contributed by atoms with Gasteiger partial charge in [-0.05, 0) is 12.1 Å². The summed E-state index contributed by atoms with van der Waals surface area (Å²) in [5, 5.41) is 12.6. The average Bonchev–Trinajstić information content (AvgIpc) is 3.02. The van der Waals surface area contributed by atoms with Crippen LogP contribution in [0, 0.1) is 0 Å². The monoisotopic (exact) mass is 325 g/mol. The topological polar surface area (TPSA) is 73.7 Å². The third kappa shape index (κ3) is 2.74. The van der Waals surface area contributed by atoms with Crippen molar-refractivity contribution in [1.29, 1.82) is 0 Å². The molecule has 1 aliphatic rings. The predicted molar refractivity (Wildman–Crippen MR) is 81.2 cm³/mol. The maximum atomic E-state index is 12.5. The summed E-state index contributed by atoms with van der Waals surface area (Å²) in [7, 11) is -3.65. The number of para-hydroxylation sites is 1. The zero-order valence-electron chi connectivity index (χ0n) is 11.2. The van der Waals surface area contributed by atoms with Gasteiger partial charge in [0.1, 0.15) is 10.6 Å². The zero-order valence-corrected chi connectivity index (χ0v) is 12.8. The first-order valence-corrected chi connectivity index (χ1v) is 8.83. The first-order chi connectivity index (χ1) is 10.1. The van der Waals surface area contributed by atoms with Crippen molar-refractivity contribution in [3.05, 3.63) is 35.8 Å². The number of piperazine rings is 1. The number of phenolic OH excluding ortho intramolecular Hbond substituents is 1. The molecule has 21 heavy (non-hydrogen) atoms. The van der Waals surface area contributed by atoms with E-state index in [9.17, 15) is 13.5 Å². The number of phenols is 1. The largest absolute Gasteiger partial charge is 0.507 e. The van der Waals surface area contributed by atoms with Gasteiger partial charge in [-0.2, -0.15) is 4.31 Å². The van der Waals surface area contributed by atoms with Crippen molar-refractivity contribution < 1.29 is 13.5 Å². The van der Waals surface area contributed by atoms with Crippen molar-refractivity contribution >= 4 is 26.5 Å². The van der Waals surface area contributed by atoms with Gasteiger partial charge in [-0.3, -0.25) is 0 Å². The van der Waals surface area contributed by atoms with Gasteiger partial charge in [0.25, 0.3) is 0 Å². The minimum atomic E-state index is -3.65. The van der Waals surface area contributed by atoms with Gasteiger partial charge < -0.3 is 10.0 Å². The van der Waals surface area contributed by atoms with E-state index >= 15 is 0 Å². The van der Waals surface area contributed by atoms with Gasteiger partial charge in [0.05, 0.1) is 0 Å². The van der Waals surface area contributed by atoms with Crippen LogP contribution < -0.4 is 4.90 Å². The van der Waals surface area contributed by atoms with Crippen molar-refractivity contribution in [1.82, 2.24) is 9.29 Å². The van der Waals surface area contributed by atoms with Crippen molar-refractivity contribution in [2.75, 3.05) is 31.1 Å². The zero-order chi connectivity index (χ0) is 14.9. The number of hydrogen-bond acceptors (Lipinski definition) is 6. The summed E-state index contributed by atoms with van der Waals surface area (Å²) in [5.74, 6) is -0.208. The fourth-order valence-corrected chi connectivity index (χ4v) is 4.51. The lowest BCUT2D eigenvalue weighted by atomic mass is 10.3. The average molecular weight is 325 g/mol. The second-order valence-corrected chi connectivity index (χ2v) is 7.45. The highest BCUT2D eigenvalue weighted by molar-refractivity contribution is 7.89. The lowest BCUT2D eigenvalue weighted by Crippen LogP contribution is -2.48. The molecule has 1 saturated heterocycles. The summed E-state index contributed by atoms with van der Waals surface area (Å²) >= 11 is 1.54. The number of anilines is 1. The Bertz CT molecular complexity index is 708. The van der Waals surface area contributed by atoms with E-state index in [1.54, 1.807) is 29.7 Å². The number of nitrogens with zero attached hydrogens (tertiary/aromatic N) is 3. The maximum absolute atomic E-state index is 12.5. The highest BCUT2D eigenvalue weighted by Crippen LogP contribution is 2.27. The molecule has 2 heterocycles. The Hall–Kier alpha value is -1.64. The molecule has 1 aliphatic heterocycles. The molecule has 0 spiro atoms. The molecule has 1 fully saturated rings. The molecular formula is C13H15N3O3S2. The second kappa shape index (κ2) is 5.63. The van der Waals surface area contributed by atoms with Crippen LogP contribution in [0.1, 0.15) is 0 Å². The number of aromatic hydroxyl groups is 1. The fraction of sp³-hybridized carbons (Fsp3) is 0.308. The highest BCUT2D eigenvalue weighted by atomic mass is 32.2. The summed E-state index contributed by atoms with van der Waals surface area (Å²) in [4.78, 5) is 6.27. The smallest absolute Gasteiger partial charge is 0.246 e. The van der Waals surface area contributed by atoms with E-state index in [-0.39, 0.29) is 10.6 Å². The van der Waals surface area contributed by atoms with Crippen molar-refractivity contribution in [3.63, 3.8) is 0 Å². The number of sulfonamides is 1. The molecule has 0 amide bonds. The molecule has 112 valence electrons. The van der Waals surface area contributed by atoms with Crippen molar-refractivity contribution in [2.45, 2.75) is 4.90 Å². The number of benzene rings is 1. The number of hydrogen-bond donors (Lipinski definition) is 1. The van der Waals surface area contributed by atoms with E-state index in [1.807, 2.05) is 5.38 Å². The highest BCUT2D eigenvalue weighted by Gasteiger charge is 2.30. The van der Waals surface area contributed by atoms with Crippen LogP contribution in [0.15, 0.2) is 40.7 Å². The van der Waals surface area contributed by atoms with Crippen molar-refractivity contribution in [3.8, 4) is 5.75 Å². The van der Waals surface area contributed by atoms with Gasteiger partial charge >= 0.3 is 0 Å². The van der Waals surface area contributed by atoms with Gasteiger partial charge in [0, 0.05) is 37.8 Å². The molecule has 8 heteroatoms. The third-order valence-electron chi connectivity index (χ3n) is 3.41. The maximum Gasteiger partial charge on any atom is 0.246 e. The summed E-state index contributed by atoms with van der Waals surface area (Å²) in [5.41, 5.74) is 0. The summed E-state index contributed by atoms with van der Waals surface area (Å²) in [6.07, 6.45) is 1.74. The van der Waals surface area contributed by atoms with Gasteiger partial charge in [0.15, 0.2) is 5.13 Å². The molecule has 0 bridgehead atoms. The normalized spacial score (nSPS) is 17.0. The van der Waals surface area contributed by atoms with Gasteiger partial charge in [0.2, 0.25) is 10.0 Å². The van der Waals surface area contributed by atoms with E-state index in [1.165, 1.54) is 16.4 Å². The molecule has 0 saturated carbocycles. The van der Waals surface area contributed by atoms with Gasteiger partial charge in [-0.1, -0.05) is 12.1 Å². The molecule has 1 aromatic carbocycles. The number of aromatic nitrogens is 1. The van der Waals surface area contributed by atoms with E-state index in [2.05, 4.69) is 9.88 Å². The second-order valence-electron chi connectivity index (χ2n) is 4.67. The molecule has 6 nitrogen and oxygen atoms in total. The Kier molecular flexibility index (Phi) is 3.83. The Balaban J connectivity index is 1.76. The van der Waals surface area contributed by atoms with Crippen LogP contribution in [0.2, 0.25) is 0 Å². The molecule has 0 radical (unpaired) electrons. The SMILES string of the molecule is O=S(=O)(c1ccccc1O)N1CCN(c2nccs2)CC1. The standard InChI is InChI=1S/C13H15N3O3S2/c17-11-3-1-2-4-12(11)21(18,19)16-8-6-15(7-9-16)13-14-5-10-20-13/h1-5,10,17H,6-9H2. The molecule has 1 aromatic heterocycles. The van der Waals surface area contributed by atoms with Crippen LogP contribution in [0.3, 0.4) is 0 Å². The Morgan fingerprint density at radius 3 is 2.48 bits per heavy atom. The fourth-order valence-electron chi connectivity index (χ4n) is 2.31. The minimum absolute atomic E-state index is 0.0345. The van der Waals surface area contributed by atoms with Crippen LogP contribution in [-0.4, -0.2) is 49.0 Å². The first-order valence-electron chi connectivity index (χ1n) is 6.51. The third-order valence-corrected chi connectivity index (χ3v) is 6.19. The van der Waals surface area contributed by atoms with E-state index in [0.29, 0.717) is 26.2 Å².